The quantitative estimate of drug-likeness (QED) is 0.845. The van der Waals surface area contributed by atoms with Crippen LogP contribution >= 0.6 is 0 Å². The number of halogens is 3. The summed E-state index contributed by atoms with van der Waals surface area (Å²) in [6.45, 7) is 2.02. The second-order valence-electron chi connectivity index (χ2n) is 4.25. The van der Waals surface area contributed by atoms with Gasteiger partial charge in [0.05, 0.1) is 12.2 Å². The Morgan fingerprint density at radius 2 is 2.00 bits per heavy atom. The number of methoxy groups -OCH3 is 1. The van der Waals surface area contributed by atoms with E-state index in [9.17, 15) is 18.0 Å². The molecule has 0 atom stereocenters. The Kier molecular flexibility index (Phi) is 4.94. The highest BCUT2D eigenvalue weighted by Gasteiger charge is 2.33. The van der Waals surface area contributed by atoms with Crippen LogP contribution in [0.1, 0.15) is 21.5 Å². The van der Waals surface area contributed by atoms with Gasteiger partial charge in [-0.1, -0.05) is 6.07 Å². The highest BCUT2D eigenvalue weighted by atomic mass is 19.4. The van der Waals surface area contributed by atoms with Gasteiger partial charge in [0.2, 0.25) is 0 Å². The Morgan fingerprint density at radius 1 is 1.37 bits per heavy atom. The zero-order valence-electron chi connectivity index (χ0n) is 11.0. The second-order valence-corrected chi connectivity index (χ2v) is 4.25. The van der Waals surface area contributed by atoms with Crippen molar-refractivity contribution in [2.75, 3.05) is 27.3 Å². The first kappa shape index (κ1) is 15.5. The van der Waals surface area contributed by atoms with Gasteiger partial charge in [0.15, 0.2) is 0 Å². The number of likely N-dealkylation sites (N-methyl/N-ethyl adjacent to an activating group) is 1. The predicted molar refractivity (Wildman–Crippen MR) is 65.0 cm³/mol. The van der Waals surface area contributed by atoms with Crippen LogP contribution in [0.3, 0.4) is 0 Å². The van der Waals surface area contributed by atoms with Crippen LogP contribution in [0.5, 0.6) is 0 Å². The molecule has 0 aliphatic carbocycles. The van der Waals surface area contributed by atoms with E-state index < -0.39 is 17.6 Å². The highest BCUT2D eigenvalue weighted by Crippen LogP contribution is 2.32. The molecular weight excluding hydrogens is 259 g/mol. The molecule has 0 aromatic heterocycles. The van der Waals surface area contributed by atoms with E-state index in [1.165, 1.54) is 38.1 Å². The third kappa shape index (κ3) is 3.96. The lowest BCUT2D eigenvalue weighted by Crippen LogP contribution is -2.30. The lowest BCUT2D eigenvalue weighted by atomic mass is 10.0. The number of rotatable bonds is 4. The van der Waals surface area contributed by atoms with Gasteiger partial charge >= 0.3 is 6.18 Å². The second kappa shape index (κ2) is 6.06. The first-order chi connectivity index (χ1) is 8.77. The summed E-state index contributed by atoms with van der Waals surface area (Å²) < 4.78 is 43.1. The zero-order valence-corrected chi connectivity index (χ0v) is 11.0. The summed E-state index contributed by atoms with van der Waals surface area (Å²) in [7, 11) is 3.01. The van der Waals surface area contributed by atoms with Crippen LogP contribution in [-0.2, 0) is 10.9 Å². The maximum atomic E-state index is 12.8. The summed E-state index contributed by atoms with van der Waals surface area (Å²) in [6.07, 6.45) is -4.45. The fraction of sp³-hybridized carbons (Fsp3) is 0.462. The van der Waals surface area contributed by atoms with Gasteiger partial charge in [-0.05, 0) is 24.6 Å². The molecule has 1 aromatic carbocycles. The smallest absolute Gasteiger partial charge is 0.383 e. The zero-order chi connectivity index (χ0) is 14.6. The minimum Gasteiger partial charge on any atom is -0.383 e. The number of benzene rings is 1. The number of alkyl halides is 3. The van der Waals surface area contributed by atoms with Crippen LogP contribution in [0.25, 0.3) is 0 Å². The molecule has 0 saturated carbocycles. The average molecular weight is 275 g/mol. The van der Waals surface area contributed by atoms with Crippen molar-refractivity contribution in [1.29, 1.82) is 0 Å². The Balaban J connectivity index is 2.99. The molecule has 0 bridgehead atoms. The minimum absolute atomic E-state index is 0.0246. The summed E-state index contributed by atoms with van der Waals surface area (Å²) >= 11 is 0. The molecule has 0 fully saturated rings. The topological polar surface area (TPSA) is 29.5 Å². The number of ether oxygens (including phenoxy) is 1. The summed E-state index contributed by atoms with van der Waals surface area (Å²) in [6, 6.07) is 3.59. The van der Waals surface area contributed by atoms with E-state index in [1.54, 1.807) is 0 Å². The number of hydrogen-bond donors (Lipinski definition) is 0. The number of aryl methyl sites for hydroxylation is 1. The van der Waals surface area contributed by atoms with Crippen molar-refractivity contribution in [2.24, 2.45) is 0 Å². The molecule has 1 rings (SSSR count). The van der Waals surface area contributed by atoms with E-state index >= 15 is 0 Å². The first-order valence-electron chi connectivity index (χ1n) is 5.69. The predicted octanol–water partition coefficient (Wildman–Crippen LogP) is 2.73. The van der Waals surface area contributed by atoms with Crippen molar-refractivity contribution in [3.8, 4) is 0 Å². The van der Waals surface area contributed by atoms with Crippen LogP contribution in [0, 0.1) is 6.92 Å². The molecule has 0 saturated heterocycles. The maximum Gasteiger partial charge on any atom is 0.416 e. The summed E-state index contributed by atoms with van der Waals surface area (Å²) in [4.78, 5) is 13.3. The Morgan fingerprint density at radius 3 is 2.53 bits per heavy atom. The SMILES string of the molecule is COCCN(C)C(=O)c1ccc(C)c(C(F)(F)F)c1. The molecular formula is C13H16F3NO2. The van der Waals surface area contributed by atoms with Crippen LogP contribution in [0.2, 0.25) is 0 Å². The lowest BCUT2D eigenvalue weighted by molar-refractivity contribution is -0.138. The number of carbonyl (C=O) groups is 1. The van der Waals surface area contributed by atoms with E-state index in [0.717, 1.165) is 6.07 Å². The molecule has 0 radical (unpaired) electrons. The third-order valence-corrected chi connectivity index (χ3v) is 2.77. The van der Waals surface area contributed by atoms with Crippen molar-refractivity contribution in [1.82, 2.24) is 4.90 Å². The van der Waals surface area contributed by atoms with Gasteiger partial charge in [-0.25, -0.2) is 0 Å². The molecule has 0 aliphatic heterocycles. The number of amides is 1. The average Bonchev–Trinajstić information content (AvgIpc) is 2.34. The van der Waals surface area contributed by atoms with E-state index in [0.29, 0.717) is 13.2 Å². The molecule has 0 unspecified atom stereocenters. The van der Waals surface area contributed by atoms with Crippen molar-refractivity contribution >= 4 is 5.91 Å². The molecule has 3 nitrogen and oxygen atoms in total. The van der Waals surface area contributed by atoms with E-state index in [4.69, 9.17) is 4.74 Å². The minimum atomic E-state index is -4.45. The fourth-order valence-electron chi connectivity index (χ4n) is 1.61. The van der Waals surface area contributed by atoms with Crippen LogP contribution in [0.15, 0.2) is 18.2 Å². The molecule has 0 aliphatic rings. The van der Waals surface area contributed by atoms with Gasteiger partial charge in [-0.2, -0.15) is 13.2 Å². The number of carbonyl (C=O) groups excluding carboxylic acids is 1. The molecule has 6 heteroatoms. The number of hydrogen-bond acceptors (Lipinski definition) is 2. The van der Waals surface area contributed by atoms with Crippen LogP contribution in [-0.4, -0.2) is 38.1 Å². The molecule has 0 spiro atoms. The van der Waals surface area contributed by atoms with Gasteiger partial charge in [0.25, 0.3) is 5.91 Å². The number of nitrogens with zero attached hydrogens (tertiary/aromatic N) is 1. The first-order valence-corrected chi connectivity index (χ1v) is 5.69. The molecule has 1 aromatic rings. The summed E-state index contributed by atoms with van der Waals surface area (Å²) in [5, 5.41) is 0. The van der Waals surface area contributed by atoms with Crippen LogP contribution in [0.4, 0.5) is 13.2 Å². The lowest BCUT2D eigenvalue weighted by Gasteiger charge is -2.18. The third-order valence-electron chi connectivity index (χ3n) is 2.77. The Bertz CT molecular complexity index is 458. The molecule has 106 valence electrons. The summed E-state index contributed by atoms with van der Waals surface area (Å²) in [5.41, 5.74) is -0.654. The van der Waals surface area contributed by atoms with Gasteiger partial charge < -0.3 is 9.64 Å². The van der Waals surface area contributed by atoms with Crippen molar-refractivity contribution in [3.63, 3.8) is 0 Å². The van der Waals surface area contributed by atoms with Gasteiger partial charge in [-0.3, -0.25) is 4.79 Å². The Labute approximate surface area is 110 Å². The Hall–Kier alpha value is -1.56. The highest BCUT2D eigenvalue weighted by molar-refractivity contribution is 5.94. The maximum absolute atomic E-state index is 12.8. The molecule has 1 amide bonds. The molecule has 0 heterocycles. The van der Waals surface area contributed by atoms with Gasteiger partial charge in [0.1, 0.15) is 0 Å². The van der Waals surface area contributed by atoms with Crippen molar-refractivity contribution < 1.29 is 22.7 Å². The van der Waals surface area contributed by atoms with E-state index in [2.05, 4.69) is 0 Å². The van der Waals surface area contributed by atoms with Crippen molar-refractivity contribution in [2.45, 2.75) is 13.1 Å². The van der Waals surface area contributed by atoms with E-state index in [1.807, 2.05) is 0 Å². The molecule has 19 heavy (non-hydrogen) atoms. The van der Waals surface area contributed by atoms with E-state index in [-0.39, 0.29) is 11.1 Å². The van der Waals surface area contributed by atoms with Crippen LogP contribution < -0.4 is 0 Å². The van der Waals surface area contributed by atoms with Gasteiger partial charge in [0, 0.05) is 26.3 Å². The summed E-state index contributed by atoms with van der Waals surface area (Å²) in [5.74, 6) is -0.456. The fourth-order valence-corrected chi connectivity index (χ4v) is 1.61. The molecule has 0 N–H and O–H groups in total. The normalized spacial score (nSPS) is 11.5. The monoisotopic (exact) mass is 275 g/mol. The van der Waals surface area contributed by atoms with Gasteiger partial charge in [-0.15, -0.1) is 0 Å². The van der Waals surface area contributed by atoms with Crippen molar-refractivity contribution in [3.05, 3.63) is 34.9 Å². The standard InChI is InChI=1S/C13H16F3NO2/c1-9-4-5-10(8-11(9)13(14,15)16)12(18)17(2)6-7-19-3/h4-5,8H,6-7H2,1-3H3. The largest absolute Gasteiger partial charge is 0.416 e.